The molecule has 0 aliphatic heterocycles. The summed E-state index contributed by atoms with van der Waals surface area (Å²) in [5, 5.41) is 31.9. The van der Waals surface area contributed by atoms with E-state index in [2.05, 4.69) is 36.5 Å². The van der Waals surface area contributed by atoms with Gasteiger partial charge in [-0.3, -0.25) is 4.79 Å². The quantitative estimate of drug-likeness (QED) is 0.0882. The van der Waals surface area contributed by atoms with E-state index in [0.717, 1.165) is 48.3 Å². The van der Waals surface area contributed by atoms with Crippen LogP contribution in [0.5, 0.6) is 5.75 Å². The highest BCUT2D eigenvalue weighted by molar-refractivity contribution is 6.30. The maximum atomic E-state index is 10.4. The summed E-state index contributed by atoms with van der Waals surface area (Å²) in [7, 11) is 0. The minimum Gasteiger partial charge on any atom is -0.494 e. The van der Waals surface area contributed by atoms with Gasteiger partial charge >= 0.3 is 17.9 Å². The van der Waals surface area contributed by atoms with Crippen molar-refractivity contribution in [2.24, 2.45) is 0 Å². The van der Waals surface area contributed by atoms with E-state index in [4.69, 9.17) is 31.7 Å². The minimum atomic E-state index is -1.13. The van der Waals surface area contributed by atoms with Crippen LogP contribution in [0, 0.1) is 0 Å². The number of hydrogen-bond acceptors (Lipinski definition) is 5. The molecule has 4 aromatic rings. The van der Waals surface area contributed by atoms with E-state index in [1.54, 1.807) is 0 Å². The number of rotatable bonds is 16. The van der Waals surface area contributed by atoms with Gasteiger partial charge in [-0.15, -0.1) is 0 Å². The lowest BCUT2D eigenvalue weighted by Crippen LogP contribution is -2.07. The van der Waals surface area contributed by atoms with Crippen LogP contribution in [0.3, 0.4) is 0 Å². The number of ether oxygens (including phenoxy) is 1. The third-order valence-corrected chi connectivity index (χ3v) is 7.09. The van der Waals surface area contributed by atoms with Crippen molar-refractivity contribution < 1.29 is 34.4 Å². The Hall–Kier alpha value is -4.56. The Balaban J connectivity index is 0.000000263. The second kappa shape index (κ2) is 22.0. The van der Waals surface area contributed by atoms with Gasteiger partial charge in [-0.2, -0.15) is 0 Å². The topological polar surface area (TPSA) is 133 Å². The van der Waals surface area contributed by atoms with Gasteiger partial charge in [0.25, 0.3) is 0 Å². The molecule has 0 saturated heterocycles. The number of benzene rings is 4. The monoisotopic (exact) mass is 649 g/mol. The van der Waals surface area contributed by atoms with E-state index in [1.165, 1.54) is 61.1 Å². The van der Waals surface area contributed by atoms with Crippen LogP contribution in [0.2, 0.25) is 5.02 Å². The van der Waals surface area contributed by atoms with Crippen LogP contribution in [0.15, 0.2) is 91.0 Å². The highest BCUT2D eigenvalue weighted by Gasteiger charge is 2.07. The second-order valence-electron chi connectivity index (χ2n) is 10.6. The van der Waals surface area contributed by atoms with Gasteiger partial charge in [-0.25, -0.2) is 9.59 Å². The summed E-state index contributed by atoms with van der Waals surface area (Å²) in [6.07, 6.45) is 9.58. The van der Waals surface area contributed by atoms with Crippen LogP contribution in [-0.4, -0.2) is 46.4 Å². The van der Waals surface area contributed by atoms with E-state index >= 15 is 0 Å². The Morgan fingerprint density at radius 1 is 0.674 bits per heavy atom. The van der Waals surface area contributed by atoms with Crippen molar-refractivity contribution >= 4 is 46.0 Å². The summed E-state index contributed by atoms with van der Waals surface area (Å²) >= 11 is 5.86. The van der Waals surface area contributed by atoms with Gasteiger partial charge in [0.1, 0.15) is 5.75 Å². The molecule has 0 saturated carbocycles. The van der Waals surface area contributed by atoms with E-state index in [0.29, 0.717) is 13.0 Å². The van der Waals surface area contributed by atoms with Crippen molar-refractivity contribution in [2.75, 3.05) is 18.5 Å². The molecule has 4 rings (SSSR count). The number of fused-ring (bicyclic) bond motifs is 1. The van der Waals surface area contributed by atoms with Gasteiger partial charge in [0.2, 0.25) is 0 Å². The standard InChI is InChI=1S/C19H18ClNO.C10H20O2.C8H6O4/c20-17-7-9-18(10-8-17)21-12-3-13-22-19-11-6-15-4-1-2-5-16(15)14-19;1-2-3-4-5-6-7-8-9-10(11)12;9-7(10)5-2-1-3-6(4-5)8(11)12/h1-2,4-11,14,21H,3,12-13H2;2-9H2,1H3,(H,11,12);1-4H,(H,9,10)(H,11,12). The fourth-order valence-electron chi connectivity index (χ4n) is 4.34. The van der Waals surface area contributed by atoms with Crippen molar-refractivity contribution in [3.05, 3.63) is 107 Å². The molecule has 9 heteroatoms. The van der Waals surface area contributed by atoms with Crippen molar-refractivity contribution in [3.63, 3.8) is 0 Å². The summed E-state index contributed by atoms with van der Waals surface area (Å²) in [5.74, 6) is -2.00. The molecule has 0 heterocycles. The first-order valence-corrected chi connectivity index (χ1v) is 16.0. The number of aliphatic carboxylic acids is 1. The summed E-state index contributed by atoms with van der Waals surface area (Å²) in [4.78, 5) is 30.9. The lowest BCUT2D eigenvalue weighted by atomic mass is 10.1. The lowest BCUT2D eigenvalue weighted by molar-refractivity contribution is -0.137. The number of nitrogens with one attached hydrogen (secondary N) is 1. The van der Waals surface area contributed by atoms with Crippen molar-refractivity contribution in [2.45, 2.75) is 64.7 Å². The SMILES string of the molecule is CCCCCCCCCC(=O)O.Clc1ccc(NCCCOc2ccc3ccccc3c2)cc1.O=C(O)c1cccc(C(=O)O)c1. The maximum absolute atomic E-state index is 10.4. The Morgan fingerprint density at radius 3 is 1.89 bits per heavy atom. The van der Waals surface area contributed by atoms with E-state index < -0.39 is 17.9 Å². The smallest absolute Gasteiger partial charge is 0.335 e. The van der Waals surface area contributed by atoms with Gasteiger partial charge in [-0.1, -0.05) is 93.4 Å². The summed E-state index contributed by atoms with van der Waals surface area (Å²) in [6.45, 7) is 3.76. The average Bonchev–Trinajstić information content (AvgIpc) is 3.05. The van der Waals surface area contributed by atoms with E-state index in [1.807, 2.05) is 42.5 Å². The number of unbranched alkanes of at least 4 members (excludes halogenated alkanes) is 6. The van der Waals surface area contributed by atoms with Crippen LogP contribution in [0.1, 0.15) is 85.4 Å². The van der Waals surface area contributed by atoms with Gasteiger partial charge in [0.15, 0.2) is 0 Å². The normalized spacial score (nSPS) is 10.1. The van der Waals surface area contributed by atoms with Crippen LogP contribution in [0.25, 0.3) is 10.8 Å². The molecule has 0 aromatic heterocycles. The molecule has 0 spiro atoms. The third kappa shape index (κ3) is 16.0. The molecule has 0 unspecified atom stereocenters. The van der Waals surface area contributed by atoms with Crippen molar-refractivity contribution in [1.82, 2.24) is 0 Å². The zero-order valence-corrected chi connectivity index (χ0v) is 27.0. The molecule has 0 aliphatic carbocycles. The second-order valence-corrected chi connectivity index (χ2v) is 11.0. The molecule has 4 aromatic carbocycles. The lowest BCUT2D eigenvalue weighted by Gasteiger charge is -2.09. The number of hydrogen-bond donors (Lipinski definition) is 4. The molecule has 246 valence electrons. The molecule has 0 radical (unpaired) electrons. The molecule has 46 heavy (non-hydrogen) atoms. The third-order valence-electron chi connectivity index (χ3n) is 6.83. The summed E-state index contributed by atoms with van der Waals surface area (Å²) in [6, 6.07) is 27.4. The Morgan fingerprint density at radius 2 is 1.28 bits per heavy atom. The summed E-state index contributed by atoms with van der Waals surface area (Å²) < 4.78 is 5.81. The molecule has 0 bridgehead atoms. The van der Waals surface area contributed by atoms with Gasteiger partial charge in [-0.05, 0) is 78.2 Å². The number of carboxylic acids is 3. The zero-order valence-electron chi connectivity index (χ0n) is 26.3. The highest BCUT2D eigenvalue weighted by atomic mass is 35.5. The van der Waals surface area contributed by atoms with Crippen molar-refractivity contribution in [3.8, 4) is 5.75 Å². The number of anilines is 1. The average molecular weight is 650 g/mol. The van der Waals surface area contributed by atoms with Crippen LogP contribution in [-0.2, 0) is 4.79 Å². The molecular weight excluding hydrogens is 606 g/mol. The zero-order chi connectivity index (χ0) is 33.6. The molecule has 0 fully saturated rings. The first-order valence-electron chi connectivity index (χ1n) is 15.6. The minimum absolute atomic E-state index is 0.0186. The number of aromatic carboxylic acids is 2. The number of halogens is 1. The highest BCUT2D eigenvalue weighted by Crippen LogP contribution is 2.20. The van der Waals surface area contributed by atoms with E-state index in [-0.39, 0.29) is 11.1 Å². The Bertz CT molecular complexity index is 1460. The first-order chi connectivity index (χ1) is 22.2. The predicted octanol–water partition coefficient (Wildman–Crippen LogP) is 9.67. The molecular formula is C37H44ClNO7. The van der Waals surface area contributed by atoms with Crippen molar-refractivity contribution in [1.29, 1.82) is 0 Å². The van der Waals surface area contributed by atoms with Gasteiger partial charge < -0.3 is 25.4 Å². The Kier molecular flexibility index (Phi) is 18.0. The predicted molar refractivity (Wildman–Crippen MR) is 185 cm³/mol. The van der Waals surface area contributed by atoms with Crippen LogP contribution >= 0.6 is 11.6 Å². The van der Waals surface area contributed by atoms with E-state index in [9.17, 15) is 14.4 Å². The van der Waals surface area contributed by atoms with Gasteiger partial charge in [0, 0.05) is 23.7 Å². The molecule has 0 amide bonds. The number of carboxylic acid groups (broad SMARTS) is 3. The fourth-order valence-corrected chi connectivity index (χ4v) is 4.46. The molecule has 4 N–H and O–H groups in total. The molecule has 0 aliphatic rings. The van der Waals surface area contributed by atoms with Crippen LogP contribution in [0.4, 0.5) is 5.69 Å². The molecule has 0 atom stereocenters. The van der Waals surface area contributed by atoms with Gasteiger partial charge in [0.05, 0.1) is 17.7 Å². The number of carbonyl (C=O) groups is 3. The van der Waals surface area contributed by atoms with Crippen LogP contribution < -0.4 is 10.1 Å². The molecule has 8 nitrogen and oxygen atoms in total. The maximum Gasteiger partial charge on any atom is 0.335 e. The largest absolute Gasteiger partial charge is 0.494 e. The Labute approximate surface area is 276 Å². The first kappa shape index (κ1) is 37.6. The summed E-state index contributed by atoms with van der Waals surface area (Å²) in [5.41, 5.74) is 1.04. The fraction of sp³-hybridized carbons (Fsp3) is 0.324.